The first-order valence-electron chi connectivity index (χ1n) is 8.74. The molecule has 29 heavy (non-hydrogen) atoms. The Balaban J connectivity index is 1.56. The second-order valence-corrected chi connectivity index (χ2v) is 6.75. The fraction of sp³-hybridized carbons (Fsp3) is 0.0952. The number of hydrogen-bond donors (Lipinski definition) is 2. The summed E-state index contributed by atoms with van der Waals surface area (Å²) >= 11 is 6.27. The van der Waals surface area contributed by atoms with E-state index in [0.29, 0.717) is 34.1 Å². The molecule has 0 fully saturated rings. The molecule has 146 valence electrons. The van der Waals surface area contributed by atoms with E-state index in [2.05, 4.69) is 15.0 Å². The number of ether oxygens (including phenoxy) is 2. The summed E-state index contributed by atoms with van der Waals surface area (Å²) in [6.45, 7) is 2.05. The summed E-state index contributed by atoms with van der Waals surface area (Å²) in [5, 5.41) is 9.59. The topological polar surface area (TPSA) is 97.3 Å². The number of H-pyrrole nitrogens is 1. The Labute approximate surface area is 170 Å². The van der Waals surface area contributed by atoms with E-state index < -0.39 is 5.97 Å². The molecule has 8 heteroatoms. The van der Waals surface area contributed by atoms with Crippen molar-refractivity contribution in [3.05, 3.63) is 76.3 Å². The van der Waals surface area contributed by atoms with Gasteiger partial charge in [-0.3, -0.25) is 0 Å². The molecule has 2 heterocycles. The first kappa shape index (κ1) is 18.8. The molecule has 0 aliphatic carbocycles. The first-order valence-corrected chi connectivity index (χ1v) is 9.12. The van der Waals surface area contributed by atoms with Crippen LogP contribution in [0.15, 0.2) is 54.6 Å². The standard InChI is InChI=1S/C21H16ClN3O4/c1-12-7-8-14(9-15(12)20(26)27)29-21-23-17-10-16(22)19(24-18(17)25-21)28-11-13-5-3-2-4-6-13/h2-10H,11H2,1H3,(H,26,27)(H,23,24,25). The summed E-state index contributed by atoms with van der Waals surface area (Å²) in [6.07, 6.45) is 0. The average Bonchev–Trinajstić information content (AvgIpc) is 3.09. The number of imidazole rings is 1. The molecule has 4 aromatic rings. The third-order valence-corrected chi connectivity index (χ3v) is 4.52. The number of nitrogens with one attached hydrogen (secondary N) is 1. The molecule has 0 aliphatic rings. The minimum Gasteiger partial charge on any atom is -0.478 e. The Bertz CT molecular complexity index is 1190. The highest BCUT2D eigenvalue weighted by Crippen LogP contribution is 2.29. The van der Waals surface area contributed by atoms with Gasteiger partial charge in [-0.2, -0.15) is 9.97 Å². The number of carbonyl (C=O) groups is 1. The average molecular weight is 410 g/mol. The van der Waals surface area contributed by atoms with Crippen LogP contribution in [0.25, 0.3) is 11.2 Å². The van der Waals surface area contributed by atoms with Gasteiger partial charge in [0.2, 0.25) is 5.88 Å². The molecule has 2 N–H and O–H groups in total. The number of aromatic amines is 1. The van der Waals surface area contributed by atoms with E-state index >= 15 is 0 Å². The second kappa shape index (κ2) is 7.81. The van der Waals surface area contributed by atoms with Crippen LogP contribution in [0.3, 0.4) is 0 Å². The fourth-order valence-corrected chi connectivity index (χ4v) is 2.97. The number of hydrogen-bond acceptors (Lipinski definition) is 5. The van der Waals surface area contributed by atoms with Gasteiger partial charge in [-0.05, 0) is 36.2 Å². The van der Waals surface area contributed by atoms with E-state index in [0.717, 1.165) is 5.56 Å². The number of rotatable bonds is 6. The van der Waals surface area contributed by atoms with Gasteiger partial charge in [0.05, 0.1) is 11.1 Å². The van der Waals surface area contributed by atoms with E-state index in [9.17, 15) is 9.90 Å². The first-order chi connectivity index (χ1) is 14.0. The molecule has 2 aromatic carbocycles. The summed E-state index contributed by atoms with van der Waals surface area (Å²) in [5.74, 6) is -0.408. The monoisotopic (exact) mass is 409 g/mol. The zero-order valence-corrected chi connectivity index (χ0v) is 16.1. The maximum atomic E-state index is 11.3. The number of aryl methyl sites for hydroxylation is 1. The lowest BCUT2D eigenvalue weighted by atomic mass is 10.1. The van der Waals surface area contributed by atoms with Gasteiger partial charge < -0.3 is 19.6 Å². The fourth-order valence-electron chi connectivity index (χ4n) is 2.76. The Hall–Kier alpha value is -3.58. The van der Waals surface area contributed by atoms with Crippen molar-refractivity contribution in [1.29, 1.82) is 0 Å². The van der Waals surface area contributed by atoms with Crippen LogP contribution in [0.4, 0.5) is 0 Å². The Kier molecular flexibility index (Phi) is 5.05. The minimum absolute atomic E-state index is 0.163. The Morgan fingerprint density at radius 3 is 2.69 bits per heavy atom. The van der Waals surface area contributed by atoms with Gasteiger partial charge in [-0.1, -0.05) is 48.0 Å². The number of carboxylic acids is 1. The molecule has 4 rings (SSSR count). The SMILES string of the molecule is Cc1ccc(Oc2nc3nc(OCc4ccccc4)c(Cl)cc3[nH]2)cc1C(=O)O. The van der Waals surface area contributed by atoms with E-state index in [4.69, 9.17) is 21.1 Å². The van der Waals surface area contributed by atoms with Crippen LogP contribution in [0.2, 0.25) is 5.02 Å². The molecule has 0 radical (unpaired) electrons. The van der Waals surface area contributed by atoms with Crippen molar-refractivity contribution < 1.29 is 19.4 Å². The molecular weight excluding hydrogens is 394 g/mol. The Morgan fingerprint density at radius 1 is 1.14 bits per heavy atom. The van der Waals surface area contributed by atoms with Gasteiger partial charge in [0, 0.05) is 0 Å². The molecule has 0 saturated carbocycles. The molecule has 0 unspecified atom stereocenters. The number of fused-ring (bicyclic) bond motifs is 1. The summed E-state index contributed by atoms with van der Waals surface area (Å²) in [7, 11) is 0. The third kappa shape index (κ3) is 4.14. The number of aromatic carboxylic acids is 1. The van der Waals surface area contributed by atoms with E-state index in [1.165, 1.54) is 6.07 Å². The number of nitrogens with zero attached hydrogens (tertiary/aromatic N) is 2. The molecule has 0 aliphatic heterocycles. The predicted molar refractivity (Wildman–Crippen MR) is 108 cm³/mol. The van der Waals surface area contributed by atoms with Crippen LogP contribution in [-0.4, -0.2) is 26.0 Å². The number of benzene rings is 2. The van der Waals surface area contributed by atoms with E-state index in [1.54, 1.807) is 25.1 Å². The highest BCUT2D eigenvalue weighted by atomic mass is 35.5. The van der Waals surface area contributed by atoms with Gasteiger partial charge in [-0.15, -0.1) is 0 Å². The van der Waals surface area contributed by atoms with Gasteiger partial charge in [-0.25, -0.2) is 4.79 Å². The van der Waals surface area contributed by atoms with Gasteiger partial charge in [0.25, 0.3) is 0 Å². The highest BCUT2D eigenvalue weighted by molar-refractivity contribution is 6.32. The van der Waals surface area contributed by atoms with E-state index in [1.807, 2.05) is 30.3 Å². The molecule has 0 amide bonds. The predicted octanol–water partition coefficient (Wildman–Crippen LogP) is 4.99. The number of pyridine rings is 1. The lowest BCUT2D eigenvalue weighted by molar-refractivity contribution is 0.0695. The van der Waals surface area contributed by atoms with Crippen molar-refractivity contribution in [3.63, 3.8) is 0 Å². The van der Waals surface area contributed by atoms with E-state index in [-0.39, 0.29) is 17.5 Å². The molecule has 0 saturated heterocycles. The molecule has 0 atom stereocenters. The van der Waals surface area contributed by atoms with Crippen LogP contribution in [0, 0.1) is 6.92 Å². The van der Waals surface area contributed by atoms with Crippen molar-refractivity contribution in [2.45, 2.75) is 13.5 Å². The van der Waals surface area contributed by atoms with Crippen molar-refractivity contribution in [3.8, 4) is 17.6 Å². The molecule has 2 aromatic heterocycles. The molecular formula is C21H16ClN3O4. The third-order valence-electron chi connectivity index (χ3n) is 4.25. The smallest absolute Gasteiger partial charge is 0.336 e. The zero-order chi connectivity index (χ0) is 20.4. The Morgan fingerprint density at radius 2 is 1.93 bits per heavy atom. The summed E-state index contributed by atoms with van der Waals surface area (Å²) in [5.41, 5.74) is 2.74. The number of halogens is 1. The lowest BCUT2D eigenvalue weighted by Gasteiger charge is -2.06. The molecule has 7 nitrogen and oxygen atoms in total. The zero-order valence-electron chi connectivity index (χ0n) is 15.3. The quantitative estimate of drug-likeness (QED) is 0.465. The normalized spacial score (nSPS) is 10.8. The maximum absolute atomic E-state index is 11.3. The largest absolute Gasteiger partial charge is 0.478 e. The second-order valence-electron chi connectivity index (χ2n) is 6.35. The number of carboxylic acid groups (broad SMARTS) is 1. The summed E-state index contributed by atoms with van der Waals surface area (Å²) in [6, 6.07) is 16.3. The molecule has 0 spiro atoms. The van der Waals surface area contributed by atoms with Gasteiger partial charge >= 0.3 is 12.0 Å². The minimum atomic E-state index is -1.02. The summed E-state index contributed by atoms with van der Waals surface area (Å²) < 4.78 is 11.4. The van der Waals surface area contributed by atoms with Gasteiger partial charge in [0.1, 0.15) is 17.4 Å². The van der Waals surface area contributed by atoms with Crippen molar-refractivity contribution >= 4 is 28.7 Å². The lowest BCUT2D eigenvalue weighted by Crippen LogP contribution is -2.00. The maximum Gasteiger partial charge on any atom is 0.336 e. The van der Waals surface area contributed by atoms with Crippen LogP contribution in [-0.2, 0) is 6.61 Å². The van der Waals surface area contributed by atoms with Gasteiger partial charge in [0.15, 0.2) is 5.65 Å². The van der Waals surface area contributed by atoms with Crippen LogP contribution in [0.1, 0.15) is 21.5 Å². The molecule has 0 bridgehead atoms. The van der Waals surface area contributed by atoms with Crippen molar-refractivity contribution in [1.82, 2.24) is 15.0 Å². The van der Waals surface area contributed by atoms with Crippen molar-refractivity contribution in [2.24, 2.45) is 0 Å². The van der Waals surface area contributed by atoms with Crippen LogP contribution < -0.4 is 9.47 Å². The van der Waals surface area contributed by atoms with Crippen molar-refractivity contribution in [2.75, 3.05) is 0 Å². The van der Waals surface area contributed by atoms with Crippen LogP contribution >= 0.6 is 11.6 Å². The summed E-state index contributed by atoms with van der Waals surface area (Å²) in [4.78, 5) is 22.9. The highest BCUT2D eigenvalue weighted by Gasteiger charge is 2.14. The van der Waals surface area contributed by atoms with Crippen LogP contribution in [0.5, 0.6) is 17.6 Å². The number of aromatic nitrogens is 3.